The van der Waals surface area contributed by atoms with Gasteiger partial charge in [0.1, 0.15) is 0 Å². The highest BCUT2D eigenvalue weighted by atomic mass is 35.5. The van der Waals surface area contributed by atoms with E-state index < -0.39 is 0 Å². The highest BCUT2D eigenvalue weighted by Gasteiger charge is 2.01. The number of alkyl halides is 1. The van der Waals surface area contributed by atoms with E-state index in [0.717, 1.165) is 6.42 Å². The summed E-state index contributed by atoms with van der Waals surface area (Å²) in [6.45, 7) is 6.50. The lowest BCUT2D eigenvalue weighted by atomic mass is 9.99. The summed E-state index contributed by atoms with van der Waals surface area (Å²) < 4.78 is 0. The van der Waals surface area contributed by atoms with Crippen LogP contribution < -0.4 is 0 Å². The van der Waals surface area contributed by atoms with Crippen LogP contribution in [0.3, 0.4) is 0 Å². The summed E-state index contributed by atoms with van der Waals surface area (Å²) in [4.78, 5) is 0. The zero-order valence-electron chi connectivity index (χ0n) is 7.95. The Bertz CT molecular complexity index is 277. The van der Waals surface area contributed by atoms with Gasteiger partial charge in [-0.25, -0.2) is 0 Å². The highest BCUT2D eigenvalue weighted by molar-refractivity contribution is 6.17. The van der Waals surface area contributed by atoms with Gasteiger partial charge in [-0.3, -0.25) is 0 Å². The monoisotopic (exact) mass is 182 g/mol. The fraction of sp³-hybridized carbons (Fsp3) is 0.455. The van der Waals surface area contributed by atoms with Gasteiger partial charge in [-0.1, -0.05) is 19.1 Å². The van der Waals surface area contributed by atoms with E-state index >= 15 is 0 Å². The minimum Gasteiger partial charge on any atom is -0.122 e. The van der Waals surface area contributed by atoms with Gasteiger partial charge in [0.2, 0.25) is 0 Å². The van der Waals surface area contributed by atoms with Crippen molar-refractivity contribution in [2.45, 2.75) is 33.1 Å². The van der Waals surface area contributed by atoms with Gasteiger partial charge in [0.25, 0.3) is 0 Å². The molecule has 0 bridgehead atoms. The average molecular weight is 183 g/mol. The Hall–Kier alpha value is -0.490. The van der Waals surface area contributed by atoms with Crippen molar-refractivity contribution in [1.29, 1.82) is 0 Å². The van der Waals surface area contributed by atoms with Crippen LogP contribution >= 0.6 is 11.6 Å². The molecule has 0 N–H and O–H groups in total. The van der Waals surface area contributed by atoms with Crippen LogP contribution in [-0.2, 0) is 12.3 Å². The number of aryl methyl sites for hydroxylation is 2. The largest absolute Gasteiger partial charge is 0.122 e. The Labute approximate surface area is 79.6 Å². The van der Waals surface area contributed by atoms with Crippen LogP contribution in [0.1, 0.15) is 29.2 Å². The molecule has 1 aromatic rings. The highest BCUT2D eigenvalue weighted by Crippen LogP contribution is 2.17. The predicted octanol–water partition coefficient (Wildman–Crippen LogP) is 3.60. The van der Waals surface area contributed by atoms with E-state index in [0.29, 0.717) is 5.88 Å². The molecule has 1 rings (SSSR count). The minimum atomic E-state index is 0.619. The third-order valence-electron chi connectivity index (χ3n) is 2.37. The third kappa shape index (κ3) is 1.81. The smallest absolute Gasteiger partial charge is 0.0474 e. The molecular weight excluding hydrogens is 168 g/mol. The molecule has 0 atom stereocenters. The second-order valence-electron chi connectivity index (χ2n) is 3.18. The predicted molar refractivity (Wildman–Crippen MR) is 54.9 cm³/mol. The molecule has 0 heterocycles. The number of hydrogen-bond donors (Lipinski definition) is 0. The molecule has 0 nitrogen and oxygen atoms in total. The summed E-state index contributed by atoms with van der Waals surface area (Å²) in [7, 11) is 0. The first kappa shape index (κ1) is 9.60. The topological polar surface area (TPSA) is 0 Å². The van der Waals surface area contributed by atoms with Gasteiger partial charge in [0.15, 0.2) is 0 Å². The lowest BCUT2D eigenvalue weighted by Gasteiger charge is -2.08. The van der Waals surface area contributed by atoms with Crippen molar-refractivity contribution in [3.63, 3.8) is 0 Å². The van der Waals surface area contributed by atoms with Crippen LogP contribution in [0.4, 0.5) is 0 Å². The van der Waals surface area contributed by atoms with Crippen LogP contribution in [0, 0.1) is 13.8 Å². The summed E-state index contributed by atoms with van der Waals surface area (Å²) in [5, 5.41) is 0. The van der Waals surface area contributed by atoms with Crippen molar-refractivity contribution in [2.75, 3.05) is 0 Å². The maximum atomic E-state index is 5.78. The van der Waals surface area contributed by atoms with Crippen molar-refractivity contribution >= 4 is 11.6 Å². The molecule has 0 aliphatic rings. The van der Waals surface area contributed by atoms with E-state index in [2.05, 4.69) is 32.9 Å². The average Bonchev–Trinajstić information content (AvgIpc) is 2.09. The van der Waals surface area contributed by atoms with Gasteiger partial charge in [0, 0.05) is 5.88 Å². The summed E-state index contributed by atoms with van der Waals surface area (Å²) in [5.41, 5.74) is 5.42. The maximum Gasteiger partial charge on any atom is 0.0474 e. The lowest BCUT2D eigenvalue weighted by Crippen LogP contribution is -1.92. The summed E-state index contributed by atoms with van der Waals surface area (Å²) in [6.07, 6.45) is 1.09. The first-order valence-electron chi connectivity index (χ1n) is 4.34. The standard InChI is InChI=1S/C11H15Cl/c1-4-11-6-10(7-12)5-8(2)9(11)3/h5-6H,4,7H2,1-3H3. The zero-order chi connectivity index (χ0) is 9.14. The molecule has 0 radical (unpaired) electrons. The second-order valence-corrected chi connectivity index (χ2v) is 3.45. The second kappa shape index (κ2) is 3.95. The molecule has 0 spiro atoms. The molecular formula is C11H15Cl. The number of halogens is 1. The van der Waals surface area contributed by atoms with E-state index in [1.165, 1.54) is 22.3 Å². The van der Waals surface area contributed by atoms with E-state index in [1.807, 2.05) is 0 Å². The van der Waals surface area contributed by atoms with E-state index in [1.54, 1.807) is 0 Å². The van der Waals surface area contributed by atoms with Crippen LogP contribution in [0.5, 0.6) is 0 Å². The zero-order valence-corrected chi connectivity index (χ0v) is 8.70. The van der Waals surface area contributed by atoms with E-state index in [9.17, 15) is 0 Å². The quantitative estimate of drug-likeness (QED) is 0.614. The first-order valence-corrected chi connectivity index (χ1v) is 4.87. The molecule has 0 saturated carbocycles. The molecule has 0 unspecified atom stereocenters. The van der Waals surface area contributed by atoms with Gasteiger partial charge >= 0.3 is 0 Å². The van der Waals surface area contributed by atoms with Gasteiger partial charge < -0.3 is 0 Å². The maximum absolute atomic E-state index is 5.78. The molecule has 66 valence electrons. The summed E-state index contributed by atoms with van der Waals surface area (Å²) in [5.74, 6) is 0.619. The molecule has 0 aliphatic heterocycles. The fourth-order valence-electron chi connectivity index (χ4n) is 1.46. The van der Waals surface area contributed by atoms with Gasteiger partial charge in [-0.2, -0.15) is 0 Å². The Morgan fingerprint density at radius 3 is 2.42 bits per heavy atom. The normalized spacial score (nSPS) is 10.3. The molecule has 1 aromatic carbocycles. The van der Waals surface area contributed by atoms with Crippen molar-refractivity contribution < 1.29 is 0 Å². The molecule has 0 saturated heterocycles. The first-order chi connectivity index (χ1) is 5.69. The number of rotatable bonds is 2. The van der Waals surface area contributed by atoms with Crippen LogP contribution in [-0.4, -0.2) is 0 Å². The molecule has 1 heteroatoms. The molecule has 0 aliphatic carbocycles. The van der Waals surface area contributed by atoms with E-state index in [4.69, 9.17) is 11.6 Å². The Balaban J connectivity index is 3.19. The van der Waals surface area contributed by atoms with Crippen molar-refractivity contribution in [1.82, 2.24) is 0 Å². The van der Waals surface area contributed by atoms with E-state index in [-0.39, 0.29) is 0 Å². The van der Waals surface area contributed by atoms with Crippen LogP contribution in [0.2, 0.25) is 0 Å². The van der Waals surface area contributed by atoms with Crippen LogP contribution in [0.25, 0.3) is 0 Å². The molecule has 0 aromatic heterocycles. The third-order valence-corrected chi connectivity index (χ3v) is 2.68. The van der Waals surface area contributed by atoms with Crippen molar-refractivity contribution in [3.05, 3.63) is 34.4 Å². The molecule has 0 amide bonds. The van der Waals surface area contributed by atoms with Crippen molar-refractivity contribution in [3.8, 4) is 0 Å². The van der Waals surface area contributed by atoms with Gasteiger partial charge in [0.05, 0.1) is 0 Å². The Morgan fingerprint density at radius 1 is 1.25 bits per heavy atom. The summed E-state index contributed by atoms with van der Waals surface area (Å²) >= 11 is 5.78. The van der Waals surface area contributed by atoms with Gasteiger partial charge in [-0.15, -0.1) is 11.6 Å². The SMILES string of the molecule is CCc1cc(CCl)cc(C)c1C. The molecule has 12 heavy (non-hydrogen) atoms. The Kier molecular flexibility index (Phi) is 3.16. The fourth-order valence-corrected chi connectivity index (χ4v) is 1.61. The lowest BCUT2D eigenvalue weighted by molar-refractivity contribution is 1.08. The number of hydrogen-bond acceptors (Lipinski definition) is 0. The minimum absolute atomic E-state index is 0.619. The van der Waals surface area contributed by atoms with Gasteiger partial charge in [-0.05, 0) is 42.5 Å². The van der Waals surface area contributed by atoms with Crippen LogP contribution in [0.15, 0.2) is 12.1 Å². The number of benzene rings is 1. The Morgan fingerprint density at radius 2 is 1.92 bits per heavy atom. The van der Waals surface area contributed by atoms with Crippen molar-refractivity contribution in [2.24, 2.45) is 0 Å². The molecule has 0 fully saturated rings. The summed E-state index contributed by atoms with van der Waals surface area (Å²) in [6, 6.07) is 4.37.